The third kappa shape index (κ3) is 14.7. The number of nitrogens with zero attached hydrogens (tertiary/aromatic N) is 1. The van der Waals surface area contributed by atoms with Gasteiger partial charge in [0.15, 0.2) is 20.2 Å². The van der Waals surface area contributed by atoms with E-state index < -0.39 is 68.5 Å². The average molecular weight is 1010 g/mol. The van der Waals surface area contributed by atoms with Crippen LogP contribution in [0.2, 0.25) is 18.1 Å². The first-order valence-electron chi connectivity index (χ1n) is 24.0. The first kappa shape index (κ1) is 54.5. The number of carbonyl (C=O) groups is 5. The van der Waals surface area contributed by atoms with Gasteiger partial charge in [0, 0.05) is 35.2 Å². The molecule has 0 unspecified atom stereocenters. The Kier molecular flexibility index (Phi) is 18.7. The molecule has 12 nitrogen and oxygen atoms in total. The number of carbonyl (C=O) groups excluding carboxylic acids is 3. The summed E-state index contributed by atoms with van der Waals surface area (Å²) in [6.07, 6.45) is 1.36. The molecule has 1 aliphatic rings. The van der Waals surface area contributed by atoms with Crippen molar-refractivity contribution in [1.82, 2.24) is 0 Å². The highest BCUT2D eigenvalue weighted by atomic mass is 28.4. The van der Waals surface area contributed by atoms with Crippen LogP contribution in [0.3, 0.4) is 0 Å². The van der Waals surface area contributed by atoms with Crippen LogP contribution in [-0.4, -0.2) is 54.9 Å². The van der Waals surface area contributed by atoms with E-state index in [1.165, 1.54) is 12.1 Å². The van der Waals surface area contributed by atoms with Gasteiger partial charge in [0.05, 0.1) is 18.1 Å². The molecule has 0 aromatic heterocycles. The van der Waals surface area contributed by atoms with E-state index in [9.17, 15) is 38.6 Å². The number of hydrogen-bond donors (Lipinski definition) is 2. The fourth-order valence-corrected chi connectivity index (χ4v) is 9.17. The molecule has 0 spiro atoms. The van der Waals surface area contributed by atoms with E-state index in [0.717, 1.165) is 16.7 Å². The van der Waals surface area contributed by atoms with E-state index in [1.54, 1.807) is 65.6 Å². The summed E-state index contributed by atoms with van der Waals surface area (Å²) in [5, 5.41) is 18.6. The van der Waals surface area contributed by atoms with Crippen LogP contribution in [0.15, 0.2) is 140 Å². The number of halogens is 1. The van der Waals surface area contributed by atoms with E-state index in [4.69, 9.17) is 18.6 Å². The number of β-lactam (4-membered cyclic amide) rings is 1. The summed E-state index contributed by atoms with van der Waals surface area (Å²) in [6.45, 7) is 14.6. The number of amides is 1. The zero-order valence-electron chi connectivity index (χ0n) is 41.6. The lowest BCUT2D eigenvalue weighted by atomic mass is 9.77. The van der Waals surface area contributed by atoms with Gasteiger partial charge >= 0.3 is 23.9 Å². The molecule has 1 heterocycles. The molecule has 1 saturated heterocycles. The minimum Gasteiger partial charge on any atom is -0.489 e. The summed E-state index contributed by atoms with van der Waals surface area (Å²) in [5.41, 5.74) is 4.51. The van der Waals surface area contributed by atoms with Gasteiger partial charge in [-0.05, 0) is 96.2 Å². The summed E-state index contributed by atoms with van der Waals surface area (Å²) in [6, 6.07) is 36.1. The number of aliphatic carboxylic acids is 2. The van der Waals surface area contributed by atoms with Gasteiger partial charge in [-0.2, -0.15) is 0 Å². The van der Waals surface area contributed by atoms with Crippen LogP contribution in [0.4, 0.5) is 10.1 Å². The van der Waals surface area contributed by atoms with Crippen molar-refractivity contribution in [2.24, 2.45) is 17.8 Å². The standard InChI is InChI=1S/C59H60FNO11Si/c1-7-36-69-52-37-41(21-15-22-49(55(63)64)56(65)66)26-33-47(52)53-48(34-35-51(44-27-29-45(60)30-28-44)72-73(5,6)59(2,3)4)54(62)61(53)46-31-24-40(25-32-46)20-14-23-50(57(67)70-38-42-16-10-8-11-17-42)58(68)71-39-43-18-12-9-13-19-43/h7-13,16-19,24-33,37,48-51,53H,1,22-23,34-36,38-39H2,2-6H3,(H,63,64)(H,65,66)/t48-,51+,53-/m1/s1. The SMILES string of the molecule is C=CCOc1cc(C#CCC(C(=O)O)C(=O)O)ccc1[C@@H]1[C@@H](CC[C@H](O[Si](C)(C)C(C)(C)C)c2ccc(F)cc2)C(=O)N1c1ccc(C#CCC(C(=O)OCc2ccccc2)C(=O)OCc2ccccc2)cc1. The van der Waals surface area contributed by atoms with Crippen molar-refractivity contribution < 1.29 is 57.2 Å². The number of hydrogen-bond acceptors (Lipinski definition) is 9. The third-order valence-electron chi connectivity index (χ3n) is 13.0. The van der Waals surface area contributed by atoms with Crippen molar-refractivity contribution in [3.63, 3.8) is 0 Å². The van der Waals surface area contributed by atoms with Crippen LogP contribution in [-0.2, 0) is 51.1 Å². The Hall–Kier alpha value is -7.78. The highest BCUT2D eigenvalue weighted by molar-refractivity contribution is 6.74. The molecule has 1 fully saturated rings. The van der Waals surface area contributed by atoms with Crippen LogP contribution < -0.4 is 9.64 Å². The van der Waals surface area contributed by atoms with E-state index >= 15 is 0 Å². The smallest absolute Gasteiger partial charge is 0.321 e. The fraction of sp³-hybridized carbons (Fsp3) is 0.305. The molecule has 0 aliphatic carbocycles. The maximum atomic E-state index is 14.6. The molecule has 6 rings (SSSR count). The van der Waals surface area contributed by atoms with E-state index in [1.807, 2.05) is 60.7 Å². The molecular formula is C59H60FNO11Si. The van der Waals surface area contributed by atoms with Crippen molar-refractivity contribution in [3.8, 4) is 29.4 Å². The van der Waals surface area contributed by atoms with Crippen molar-refractivity contribution >= 4 is 43.8 Å². The molecule has 5 aromatic carbocycles. The molecule has 14 heteroatoms. The normalized spacial score (nSPS) is 14.7. The predicted molar refractivity (Wildman–Crippen MR) is 277 cm³/mol. The zero-order chi connectivity index (χ0) is 52.7. The number of carboxylic acids is 2. The first-order valence-corrected chi connectivity index (χ1v) is 26.9. The monoisotopic (exact) mass is 1010 g/mol. The van der Waals surface area contributed by atoms with Crippen LogP contribution in [0.5, 0.6) is 5.75 Å². The summed E-state index contributed by atoms with van der Waals surface area (Å²) in [4.78, 5) is 66.0. The number of esters is 2. The van der Waals surface area contributed by atoms with Gasteiger partial charge in [0.1, 0.15) is 31.4 Å². The fourth-order valence-electron chi connectivity index (χ4n) is 7.86. The number of rotatable bonds is 21. The maximum Gasteiger partial charge on any atom is 0.321 e. The second-order valence-electron chi connectivity index (χ2n) is 19.1. The van der Waals surface area contributed by atoms with Gasteiger partial charge in [-0.3, -0.25) is 24.0 Å². The van der Waals surface area contributed by atoms with Crippen molar-refractivity contribution in [3.05, 3.63) is 179 Å². The minimum atomic E-state index is -2.37. The zero-order valence-corrected chi connectivity index (χ0v) is 42.6. The first-order chi connectivity index (χ1) is 34.9. The molecule has 3 atom stereocenters. The van der Waals surface area contributed by atoms with Crippen LogP contribution in [0.25, 0.3) is 0 Å². The van der Waals surface area contributed by atoms with Gasteiger partial charge in [-0.15, -0.1) is 0 Å². The maximum absolute atomic E-state index is 14.6. The topological polar surface area (TPSA) is 166 Å². The van der Waals surface area contributed by atoms with Gasteiger partial charge in [-0.25, -0.2) is 4.39 Å². The van der Waals surface area contributed by atoms with Crippen molar-refractivity contribution in [2.75, 3.05) is 11.5 Å². The molecule has 73 heavy (non-hydrogen) atoms. The highest BCUT2D eigenvalue weighted by Gasteiger charge is 2.50. The molecule has 5 aromatic rings. The number of carboxylic acid groups (broad SMARTS) is 2. The van der Waals surface area contributed by atoms with Gasteiger partial charge < -0.3 is 33.7 Å². The average Bonchev–Trinajstić information content (AvgIpc) is 3.36. The van der Waals surface area contributed by atoms with Crippen molar-refractivity contribution in [2.45, 2.75) is 89.9 Å². The van der Waals surface area contributed by atoms with Gasteiger partial charge in [-0.1, -0.05) is 136 Å². The lowest BCUT2D eigenvalue weighted by Crippen LogP contribution is -2.55. The van der Waals surface area contributed by atoms with Crippen LogP contribution in [0, 0.1) is 47.3 Å². The molecule has 0 saturated carbocycles. The molecular weight excluding hydrogens is 946 g/mol. The Labute approximate surface area is 427 Å². The Bertz CT molecular complexity index is 2810. The Morgan fingerprint density at radius 1 is 0.753 bits per heavy atom. The molecule has 0 radical (unpaired) electrons. The van der Waals surface area contributed by atoms with E-state index in [2.05, 4.69) is 64.1 Å². The lowest BCUT2D eigenvalue weighted by Gasteiger charge is -2.48. The Morgan fingerprint density at radius 2 is 1.29 bits per heavy atom. The molecule has 2 N–H and O–H groups in total. The highest BCUT2D eigenvalue weighted by Crippen LogP contribution is 2.50. The third-order valence-corrected chi connectivity index (χ3v) is 17.5. The van der Waals surface area contributed by atoms with Crippen molar-refractivity contribution in [1.29, 1.82) is 0 Å². The Balaban J connectivity index is 1.29. The molecule has 378 valence electrons. The second-order valence-corrected chi connectivity index (χ2v) is 23.9. The Morgan fingerprint density at radius 3 is 1.82 bits per heavy atom. The minimum absolute atomic E-state index is 0.0304. The van der Waals surface area contributed by atoms with Gasteiger partial charge in [0.25, 0.3) is 0 Å². The summed E-state index contributed by atoms with van der Waals surface area (Å²) in [5.74, 6) is 3.31. The van der Waals surface area contributed by atoms with Gasteiger partial charge in [0.2, 0.25) is 5.91 Å². The summed E-state index contributed by atoms with van der Waals surface area (Å²) in [7, 11) is -2.37. The molecule has 0 bridgehead atoms. The van der Waals surface area contributed by atoms with Crippen LogP contribution >= 0.6 is 0 Å². The second kappa shape index (κ2) is 25.1. The molecule has 1 amide bonds. The van der Waals surface area contributed by atoms with Crippen LogP contribution in [0.1, 0.15) is 92.0 Å². The number of benzene rings is 5. The lowest BCUT2D eigenvalue weighted by molar-refractivity contribution is -0.163. The van der Waals surface area contributed by atoms with E-state index in [0.29, 0.717) is 41.0 Å². The summed E-state index contributed by atoms with van der Waals surface area (Å²) < 4.78 is 38.4. The summed E-state index contributed by atoms with van der Waals surface area (Å²) >= 11 is 0. The van der Waals surface area contributed by atoms with E-state index in [-0.39, 0.29) is 43.0 Å². The number of anilines is 1. The number of ether oxygens (including phenoxy) is 3. The predicted octanol–water partition coefficient (Wildman–Crippen LogP) is 11.0. The quantitative estimate of drug-likeness (QED) is 0.0179. The molecule has 1 aliphatic heterocycles. The largest absolute Gasteiger partial charge is 0.489 e.